The Morgan fingerprint density at radius 1 is 1.32 bits per heavy atom. The van der Waals surface area contributed by atoms with Gasteiger partial charge < -0.3 is 11.1 Å². The maximum absolute atomic E-state index is 11.8. The molecule has 1 heterocycles. The Bertz CT molecular complexity index is 592. The molecule has 1 amide bonds. The first kappa shape index (κ1) is 13.7. The molecular formula is C13H12ClN3OS. The van der Waals surface area contributed by atoms with Crippen LogP contribution in [0.25, 0.3) is 0 Å². The van der Waals surface area contributed by atoms with Gasteiger partial charge in [0.05, 0.1) is 11.4 Å². The number of hydrogen-bond donors (Lipinski definition) is 2. The lowest BCUT2D eigenvalue weighted by Crippen LogP contribution is -2.14. The summed E-state index contributed by atoms with van der Waals surface area (Å²) in [6.07, 6.45) is 1.57. The van der Waals surface area contributed by atoms with Gasteiger partial charge in [-0.15, -0.1) is 11.8 Å². The van der Waals surface area contributed by atoms with Gasteiger partial charge in [0.25, 0.3) is 0 Å². The number of carbonyl (C=O) groups is 1. The van der Waals surface area contributed by atoms with Gasteiger partial charge in [-0.25, -0.2) is 4.98 Å². The van der Waals surface area contributed by atoms with Crippen molar-refractivity contribution in [3.63, 3.8) is 0 Å². The van der Waals surface area contributed by atoms with E-state index in [1.807, 2.05) is 18.2 Å². The van der Waals surface area contributed by atoms with Crippen LogP contribution < -0.4 is 11.1 Å². The number of nitrogen functional groups attached to an aromatic ring is 1. The molecule has 0 saturated heterocycles. The topological polar surface area (TPSA) is 68.0 Å². The summed E-state index contributed by atoms with van der Waals surface area (Å²) in [4.78, 5) is 16.6. The van der Waals surface area contributed by atoms with E-state index in [0.29, 0.717) is 11.4 Å². The fraction of sp³-hybridized carbons (Fsp3) is 0.0769. The van der Waals surface area contributed by atoms with Crippen LogP contribution in [0.15, 0.2) is 47.5 Å². The predicted molar refractivity (Wildman–Crippen MR) is 79.5 cm³/mol. The average molecular weight is 294 g/mol. The third-order valence-electron chi connectivity index (χ3n) is 2.31. The minimum Gasteiger partial charge on any atom is -0.398 e. The summed E-state index contributed by atoms with van der Waals surface area (Å²) in [5.74, 6) is 0.113. The molecule has 0 atom stereocenters. The van der Waals surface area contributed by atoms with Crippen molar-refractivity contribution in [2.75, 3.05) is 16.8 Å². The Morgan fingerprint density at radius 3 is 2.84 bits per heavy atom. The average Bonchev–Trinajstić information content (AvgIpc) is 2.40. The molecule has 0 aliphatic heterocycles. The Balaban J connectivity index is 1.92. The number of amides is 1. The number of thioether (sulfide) groups is 1. The van der Waals surface area contributed by atoms with Gasteiger partial charge >= 0.3 is 0 Å². The summed E-state index contributed by atoms with van der Waals surface area (Å²) < 4.78 is 0. The van der Waals surface area contributed by atoms with Crippen molar-refractivity contribution in [2.24, 2.45) is 0 Å². The third kappa shape index (κ3) is 3.87. The smallest absolute Gasteiger partial charge is 0.234 e. The molecule has 98 valence electrons. The van der Waals surface area contributed by atoms with Gasteiger partial charge in [-0.1, -0.05) is 23.7 Å². The molecule has 0 spiro atoms. The van der Waals surface area contributed by atoms with E-state index in [1.165, 1.54) is 11.8 Å². The van der Waals surface area contributed by atoms with Crippen LogP contribution in [0.4, 0.5) is 11.4 Å². The van der Waals surface area contributed by atoms with E-state index in [1.54, 1.807) is 24.4 Å². The number of aromatic nitrogens is 1. The van der Waals surface area contributed by atoms with E-state index in [0.717, 1.165) is 4.90 Å². The highest BCUT2D eigenvalue weighted by Crippen LogP contribution is 2.25. The summed E-state index contributed by atoms with van der Waals surface area (Å²) in [5, 5.41) is 2.98. The molecule has 0 aliphatic carbocycles. The normalized spacial score (nSPS) is 10.2. The quantitative estimate of drug-likeness (QED) is 0.516. The number of benzene rings is 1. The highest BCUT2D eigenvalue weighted by atomic mass is 35.5. The maximum Gasteiger partial charge on any atom is 0.234 e. The second kappa shape index (κ2) is 6.45. The van der Waals surface area contributed by atoms with Crippen LogP contribution in [-0.4, -0.2) is 16.6 Å². The number of anilines is 2. The minimum absolute atomic E-state index is 0.150. The van der Waals surface area contributed by atoms with Gasteiger partial charge in [0.15, 0.2) is 5.15 Å². The zero-order valence-corrected chi connectivity index (χ0v) is 11.5. The molecule has 6 heteroatoms. The lowest BCUT2D eigenvalue weighted by molar-refractivity contribution is -0.113. The molecule has 2 aromatic rings. The van der Waals surface area contributed by atoms with Crippen molar-refractivity contribution in [1.29, 1.82) is 0 Å². The number of hydrogen-bond acceptors (Lipinski definition) is 4. The molecule has 1 aromatic carbocycles. The summed E-state index contributed by atoms with van der Waals surface area (Å²) in [5.41, 5.74) is 6.98. The van der Waals surface area contributed by atoms with Crippen molar-refractivity contribution in [1.82, 2.24) is 4.98 Å². The summed E-state index contributed by atoms with van der Waals surface area (Å²) in [7, 11) is 0. The number of carbonyl (C=O) groups excluding carboxylic acids is 1. The largest absolute Gasteiger partial charge is 0.398 e. The van der Waals surface area contributed by atoms with Crippen molar-refractivity contribution in [3.8, 4) is 0 Å². The first-order valence-corrected chi connectivity index (χ1v) is 6.91. The van der Waals surface area contributed by atoms with Crippen molar-refractivity contribution >= 4 is 40.6 Å². The first-order chi connectivity index (χ1) is 9.16. The van der Waals surface area contributed by atoms with E-state index in [-0.39, 0.29) is 16.8 Å². The number of halogens is 1. The molecule has 4 nitrogen and oxygen atoms in total. The predicted octanol–water partition coefficient (Wildman–Crippen LogP) is 3.05. The van der Waals surface area contributed by atoms with Crippen LogP contribution in [0.3, 0.4) is 0 Å². The third-order valence-corrected chi connectivity index (χ3v) is 3.70. The maximum atomic E-state index is 11.8. The lowest BCUT2D eigenvalue weighted by atomic mass is 10.3. The number of rotatable bonds is 4. The van der Waals surface area contributed by atoms with Gasteiger partial charge in [0.2, 0.25) is 5.91 Å². The number of nitrogens with one attached hydrogen (secondary N) is 1. The van der Waals surface area contributed by atoms with Crippen molar-refractivity contribution in [3.05, 3.63) is 47.7 Å². The molecule has 19 heavy (non-hydrogen) atoms. The molecule has 1 aromatic heterocycles. The van der Waals surface area contributed by atoms with Gasteiger partial charge in [-0.3, -0.25) is 4.79 Å². The molecule has 0 saturated carbocycles. The highest BCUT2D eigenvalue weighted by Gasteiger charge is 2.07. The van der Waals surface area contributed by atoms with E-state index in [2.05, 4.69) is 10.3 Å². The van der Waals surface area contributed by atoms with Crippen molar-refractivity contribution in [2.45, 2.75) is 4.90 Å². The van der Waals surface area contributed by atoms with Crippen LogP contribution in [0.1, 0.15) is 0 Å². The van der Waals surface area contributed by atoms with Crippen LogP contribution in [0, 0.1) is 0 Å². The second-order valence-corrected chi connectivity index (χ2v) is 5.09. The van der Waals surface area contributed by atoms with Crippen LogP contribution in [-0.2, 0) is 4.79 Å². The van der Waals surface area contributed by atoms with Crippen LogP contribution >= 0.6 is 23.4 Å². The monoisotopic (exact) mass is 293 g/mol. The number of para-hydroxylation sites is 1. The van der Waals surface area contributed by atoms with Crippen LogP contribution in [0.5, 0.6) is 0 Å². The molecule has 0 unspecified atom stereocenters. The zero-order chi connectivity index (χ0) is 13.7. The molecule has 2 rings (SSSR count). The van der Waals surface area contributed by atoms with Gasteiger partial charge in [0.1, 0.15) is 0 Å². The van der Waals surface area contributed by atoms with Gasteiger partial charge in [-0.05, 0) is 24.3 Å². The first-order valence-electron chi connectivity index (χ1n) is 5.54. The van der Waals surface area contributed by atoms with Gasteiger partial charge in [-0.2, -0.15) is 0 Å². The Labute approximate surface area is 120 Å². The molecule has 0 bridgehead atoms. The van der Waals surface area contributed by atoms with E-state index >= 15 is 0 Å². The molecule has 0 radical (unpaired) electrons. The van der Waals surface area contributed by atoms with Gasteiger partial charge in [0, 0.05) is 16.8 Å². The molecule has 0 fully saturated rings. The Hall–Kier alpha value is -1.72. The Morgan fingerprint density at radius 2 is 2.11 bits per heavy atom. The lowest BCUT2D eigenvalue weighted by Gasteiger charge is -2.07. The fourth-order valence-corrected chi connectivity index (χ4v) is 2.36. The SMILES string of the molecule is Nc1ccccc1SCC(=O)Nc1cccnc1Cl. The van der Waals surface area contributed by atoms with Crippen LogP contribution in [0.2, 0.25) is 5.15 Å². The fourth-order valence-electron chi connectivity index (χ4n) is 1.42. The zero-order valence-electron chi connectivity index (χ0n) is 9.97. The standard InChI is InChI=1S/C13H12ClN3OS/c14-13-10(5-3-7-16-13)17-12(18)8-19-11-6-2-1-4-9(11)15/h1-7H,8,15H2,(H,17,18). The summed E-state index contributed by atoms with van der Waals surface area (Å²) >= 11 is 7.24. The number of pyridine rings is 1. The second-order valence-electron chi connectivity index (χ2n) is 3.72. The molecule has 0 aliphatic rings. The van der Waals surface area contributed by atoms with E-state index in [4.69, 9.17) is 17.3 Å². The minimum atomic E-state index is -0.150. The Kier molecular flexibility index (Phi) is 4.65. The highest BCUT2D eigenvalue weighted by molar-refractivity contribution is 8.00. The number of nitrogens with two attached hydrogens (primary N) is 1. The van der Waals surface area contributed by atoms with Crippen molar-refractivity contribution < 1.29 is 4.79 Å². The molecular weight excluding hydrogens is 282 g/mol. The number of nitrogens with zero attached hydrogens (tertiary/aromatic N) is 1. The van der Waals surface area contributed by atoms with E-state index in [9.17, 15) is 4.79 Å². The molecule has 3 N–H and O–H groups in total. The summed E-state index contributed by atoms with van der Waals surface area (Å²) in [6.45, 7) is 0. The van der Waals surface area contributed by atoms with E-state index < -0.39 is 0 Å². The summed E-state index contributed by atoms with van der Waals surface area (Å²) in [6, 6.07) is 10.8.